The summed E-state index contributed by atoms with van der Waals surface area (Å²) in [5.41, 5.74) is 0. The molecule has 0 spiro atoms. The Labute approximate surface area is 99.9 Å². The summed E-state index contributed by atoms with van der Waals surface area (Å²) in [4.78, 5) is 9.60. The minimum atomic E-state index is -0.711. The van der Waals surface area contributed by atoms with E-state index in [9.17, 15) is 4.79 Å². The molecule has 0 aromatic heterocycles. The highest BCUT2D eigenvalue weighted by atomic mass is 16.4. The van der Waals surface area contributed by atoms with E-state index in [0.717, 1.165) is 12.8 Å². The van der Waals surface area contributed by atoms with Gasteiger partial charge in [0.2, 0.25) is 0 Å². The molecule has 16 heavy (non-hydrogen) atoms. The van der Waals surface area contributed by atoms with Crippen LogP contribution < -0.4 is 0 Å². The number of hydrogen-bond donors (Lipinski definition) is 2. The van der Waals surface area contributed by atoms with Gasteiger partial charge in [-0.2, -0.15) is 0 Å². The van der Waals surface area contributed by atoms with Crippen LogP contribution in [0.4, 0.5) is 0 Å². The van der Waals surface area contributed by atoms with Crippen molar-refractivity contribution in [1.29, 1.82) is 0 Å². The molecule has 0 heterocycles. The van der Waals surface area contributed by atoms with Crippen molar-refractivity contribution < 1.29 is 15.0 Å². The Bertz CT molecular complexity index is 144. The van der Waals surface area contributed by atoms with Gasteiger partial charge >= 0.3 is 5.97 Å². The average Bonchev–Trinajstić information content (AvgIpc) is 2.17. The third kappa shape index (κ3) is 23.3. The molecule has 3 heteroatoms. The van der Waals surface area contributed by atoms with Crippen molar-refractivity contribution in [1.82, 2.24) is 0 Å². The molecule has 1 atom stereocenters. The monoisotopic (exact) mass is 232 g/mol. The normalized spacial score (nSPS) is 11.5. The van der Waals surface area contributed by atoms with Crippen LogP contribution in [0.1, 0.15) is 72.1 Å². The molecule has 3 nitrogen and oxygen atoms in total. The first-order valence-corrected chi connectivity index (χ1v) is 6.44. The van der Waals surface area contributed by atoms with Gasteiger partial charge in [-0.15, -0.1) is 0 Å². The number of unbranched alkanes of at least 4 members (excludes halogenated alkanes) is 4. The highest BCUT2D eigenvalue weighted by Gasteiger charge is 1.94. The van der Waals surface area contributed by atoms with Gasteiger partial charge in [-0.05, 0) is 19.8 Å². The Kier molecular flexibility index (Phi) is 16.1. The van der Waals surface area contributed by atoms with Crippen LogP contribution in [0.15, 0.2) is 0 Å². The van der Waals surface area contributed by atoms with E-state index in [1.165, 1.54) is 32.1 Å². The van der Waals surface area contributed by atoms with E-state index < -0.39 is 5.97 Å². The molecule has 0 aromatic rings. The number of carbonyl (C=O) groups is 1. The van der Waals surface area contributed by atoms with E-state index in [1.807, 2.05) is 13.8 Å². The van der Waals surface area contributed by atoms with Gasteiger partial charge in [0.1, 0.15) is 0 Å². The molecule has 0 aliphatic heterocycles. The van der Waals surface area contributed by atoms with Crippen molar-refractivity contribution in [2.75, 3.05) is 0 Å². The van der Waals surface area contributed by atoms with Crippen LogP contribution in [0.2, 0.25) is 0 Å². The number of aliphatic hydroxyl groups is 1. The fraction of sp³-hybridized carbons (Fsp3) is 0.923. The maximum Gasteiger partial charge on any atom is 0.303 e. The molecule has 0 aliphatic rings. The molecule has 0 fully saturated rings. The number of hydrogen-bond acceptors (Lipinski definition) is 2. The zero-order valence-electron chi connectivity index (χ0n) is 11.0. The molecule has 0 amide bonds. The number of carboxylic acid groups (broad SMARTS) is 1. The molecule has 98 valence electrons. The zero-order valence-corrected chi connectivity index (χ0v) is 11.0. The predicted molar refractivity (Wildman–Crippen MR) is 67.6 cm³/mol. The van der Waals surface area contributed by atoms with E-state index in [2.05, 4.69) is 6.92 Å². The summed E-state index contributed by atoms with van der Waals surface area (Å²) in [5.74, 6) is -0.711. The summed E-state index contributed by atoms with van der Waals surface area (Å²) >= 11 is 0. The van der Waals surface area contributed by atoms with Crippen LogP contribution in [0, 0.1) is 0 Å². The molecule has 1 unspecified atom stereocenters. The van der Waals surface area contributed by atoms with Crippen LogP contribution in [0.25, 0.3) is 0 Å². The molecule has 0 aliphatic carbocycles. The minimum Gasteiger partial charge on any atom is -0.481 e. The van der Waals surface area contributed by atoms with E-state index >= 15 is 0 Å². The lowest BCUT2D eigenvalue weighted by molar-refractivity contribution is -0.137. The van der Waals surface area contributed by atoms with Crippen LogP contribution >= 0.6 is 0 Å². The summed E-state index contributed by atoms with van der Waals surface area (Å²) in [5, 5.41) is 16.8. The fourth-order valence-corrected chi connectivity index (χ4v) is 1.26. The van der Waals surface area contributed by atoms with Crippen LogP contribution in [0.3, 0.4) is 0 Å². The molecular formula is C13H28O3. The lowest BCUT2D eigenvalue weighted by atomic mass is 10.1. The topological polar surface area (TPSA) is 57.5 Å². The number of carboxylic acids is 1. The van der Waals surface area contributed by atoms with Crippen molar-refractivity contribution in [3.05, 3.63) is 0 Å². The Morgan fingerprint density at radius 3 is 1.94 bits per heavy atom. The maximum atomic E-state index is 9.60. The number of aliphatic carboxylic acids is 1. The number of rotatable bonds is 8. The molecule has 2 N–H and O–H groups in total. The van der Waals surface area contributed by atoms with Crippen LogP contribution in [-0.4, -0.2) is 22.3 Å². The summed E-state index contributed by atoms with van der Waals surface area (Å²) in [7, 11) is 0. The largest absolute Gasteiger partial charge is 0.481 e. The molecule has 0 aromatic carbocycles. The highest BCUT2D eigenvalue weighted by molar-refractivity contribution is 5.66. The van der Waals surface area contributed by atoms with E-state index in [1.54, 1.807) is 0 Å². The van der Waals surface area contributed by atoms with Crippen molar-refractivity contribution in [3.8, 4) is 0 Å². The SMILES string of the molecule is CCCC(=O)O.CCCCCCCC(C)O. The molecule has 0 rings (SSSR count). The van der Waals surface area contributed by atoms with Crippen LogP contribution in [0.5, 0.6) is 0 Å². The second-order valence-corrected chi connectivity index (χ2v) is 4.20. The fourth-order valence-electron chi connectivity index (χ4n) is 1.26. The summed E-state index contributed by atoms with van der Waals surface area (Å²) < 4.78 is 0. The lowest BCUT2D eigenvalue weighted by Crippen LogP contribution is -1.97. The third-order valence-electron chi connectivity index (χ3n) is 2.19. The van der Waals surface area contributed by atoms with Crippen molar-refractivity contribution in [2.45, 2.75) is 78.2 Å². The second-order valence-electron chi connectivity index (χ2n) is 4.20. The molecule has 0 saturated carbocycles. The van der Waals surface area contributed by atoms with Gasteiger partial charge in [-0.1, -0.05) is 46.0 Å². The minimum absolute atomic E-state index is 0.0957. The van der Waals surface area contributed by atoms with Crippen LogP contribution in [-0.2, 0) is 4.79 Å². The first-order valence-electron chi connectivity index (χ1n) is 6.44. The van der Waals surface area contributed by atoms with Gasteiger partial charge in [0, 0.05) is 6.42 Å². The third-order valence-corrected chi connectivity index (χ3v) is 2.19. The van der Waals surface area contributed by atoms with Gasteiger partial charge in [0.25, 0.3) is 0 Å². The Morgan fingerprint density at radius 2 is 1.62 bits per heavy atom. The van der Waals surface area contributed by atoms with Crippen molar-refractivity contribution in [3.63, 3.8) is 0 Å². The van der Waals surface area contributed by atoms with Gasteiger partial charge in [-0.25, -0.2) is 0 Å². The van der Waals surface area contributed by atoms with Gasteiger partial charge in [0.05, 0.1) is 6.10 Å². The summed E-state index contributed by atoms with van der Waals surface area (Å²) in [6.45, 7) is 5.92. The predicted octanol–water partition coefficient (Wildman–Crippen LogP) is 3.60. The summed E-state index contributed by atoms with van der Waals surface area (Å²) in [6.07, 6.45) is 8.37. The average molecular weight is 232 g/mol. The quantitative estimate of drug-likeness (QED) is 0.629. The van der Waals surface area contributed by atoms with E-state index in [0.29, 0.717) is 6.42 Å². The van der Waals surface area contributed by atoms with Gasteiger partial charge < -0.3 is 10.2 Å². The first kappa shape index (κ1) is 17.8. The second kappa shape index (κ2) is 14.4. The standard InChI is InChI=1S/C9H20O.C4H8O2/c1-3-4-5-6-7-8-9(2)10;1-2-3-4(5)6/h9-10H,3-8H2,1-2H3;2-3H2,1H3,(H,5,6). The van der Waals surface area contributed by atoms with E-state index in [4.69, 9.17) is 10.2 Å². The lowest BCUT2D eigenvalue weighted by Gasteiger charge is -2.02. The van der Waals surface area contributed by atoms with Gasteiger partial charge in [-0.3, -0.25) is 4.79 Å². The van der Waals surface area contributed by atoms with E-state index in [-0.39, 0.29) is 6.10 Å². The zero-order chi connectivity index (χ0) is 12.8. The van der Waals surface area contributed by atoms with Crippen molar-refractivity contribution >= 4 is 5.97 Å². The Morgan fingerprint density at radius 1 is 1.06 bits per heavy atom. The first-order chi connectivity index (χ1) is 7.54. The smallest absolute Gasteiger partial charge is 0.303 e. The molecule has 0 radical (unpaired) electrons. The summed E-state index contributed by atoms with van der Waals surface area (Å²) in [6, 6.07) is 0. The Balaban J connectivity index is 0. The maximum absolute atomic E-state index is 9.60. The molecule has 0 bridgehead atoms. The Hall–Kier alpha value is -0.570. The molecule has 0 saturated heterocycles. The number of aliphatic hydroxyl groups excluding tert-OH is 1. The molecular weight excluding hydrogens is 204 g/mol. The van der Waals surface area contributed by atoms with Gasteiger partial charge in [0.15, 0.2) is 0 Å². The van der Waals surface area contributed by atoms with Crippen molar-refractivity contribution in [2.24, 2.45) is 0 Å². The highest BCUT2D eigenvalue weighted by Crippen LogP contribution is 2.06.